The summed E-state index contributed by atoms with van der Waals surface area (Å²) in [6.45, 7) is -0.607. The Morgan fingerprint density at radius 1 is 1.23 bits per heavy atom. The van der Waals surface area contributed by atoms with Crippen molar-refractivity contribution in [2.75, 3.05) is 19.9 Å². The first-order chi connectivity index (χ1) is 14.9. The second kappa shape index (κ2) is 10.3. The van der Waals surface area contributed by atoms with E-state index in [1.54, 1.807) is 43.3 Å². The molecule has 0 radical (unpaired) electrons. The molecule has 9 heteroatoms. The molecule has 1 heterocycles. The highest BCUT2D eigenvalue weighted by Gasteiger charge is 2.16. The summed E-state index contributed by atoms with van der Waals surface area (Å²) in [6.07, 6.45) is 5.50. The summed E-state index contributed by atoms with van der Waals surface area (Å²) < 4.78 is 37.0. The van der Waals surface area contributed by atoms with Crippen LogP contribution in [0.2, 0.25) is 0 Å². The number of carbonyl (C=O) groups is 1. The standard InChI is InChI=1S/C22H23F2N3O3S/c1-4-29-19-12-15(8-9-18(19)30-21(23)24)14-26(2)20(28)16-6-5-7-17(13-16)27-11-10-25-22(27)31-3/h5-13,21H,4,14H2,1-3H3. The summed E-state index contributed by atoms with van der Waals surface area (Å²) in [7, 11) is 1.68. The van der Waals surface area contributed by atoms with E-state index >= 15 is 0 Å². The fourth-order valence-electron chi connectivity index (χ4n) is 3.10. The summed E-state index contributed by atoms with van der Waals surface area (Å²) in [5.74, 6) is 0.0126. The predicted molar refractivity (Wildman–Crippen MR) is 115 cm³/mol. The summed E-state index contributed by atoms with van der Waals surface area (Å²) in [6, 6.07) is 12.0. The number of alkyl halides is 2. The second-order valence-corrected chi connectivity index (χ2v) is 7.36. The highest BCUT2D eigenvalue weighted by molar-refractivity contribution is 7.98. The van der Waals surface area contributed by atoms with Crippen molar-refractivity contribution in [1.29, 1.82) is 0 Å². The summed E-state index contributed by atoms with van der Waals surface area (Å²) in [4.78, 5) is 18.8. The monoisotopic (exact) mass is 447 g/mol. The molecule has 164 valence electrons. The molecule has 1 aromatic heterocycles. The van der Waals surface area contributed by atoms with Gasteiger partial charge in [0.15, 0.2) is 16.7 Å². The zero-order valence-corrected chi connectivity index (χ0v) is 18.2. The van der Waals surface area contributed by atoms with Crippen LogP contribution >= 0.6 is 11.8 Å². The summed E-state index contributed by atoms with van der Waals surface area (Å²) in [5.41, 5.74) is 2.10. The number of aromatic nitrogens is 2. The minimum Gasteiger partial charge on any atom is -0.490 e. The van der Waals surface area contributed by atoms with E-state index in [0.29, 0.717) is 12.2 Å². The van der Waals surface area contributed by atoms with E-state index in [1.165, 1.54) is 17.8 Å². The number of thioether (sulfide) groups is 1. The third-order valence-corrected chi connectivity index (χ3v) is 5.12. The second-order valence-electron chi connectivity index (χ2n) is 6.59. The molecule has 0 aliphatic carbocycles. The van der Waals surface area contributed by atoms with Crippen molar-refractivity contribution in [1.82, 2.24) is 14.5 Å². The van der Waals surface area contributed by atoms with Crippen molar-refractivity contribution >= 4 is 17.7 Å². The van der Waals surface area contributed by atoms with Crippen LogP contribution in [-0.4, -0.2) is 46.9 Å². The van der Waals surface area contributed by atoms with Gasteiger partial charge in [-0.2, -0.15) is 8.78 Å². The van der Waals surface area contributed by atoms with Gasteiger partial charge >= 0.3 is 6.61 Å². The van der Waals surface area contributed by atoms with Gasteiger partial charge in [0.05, 0.1) is 6.61 Å². The molecule has 0 unspecified atom stereocenters. The molecule has 0 N–H and O–H groups in total. The molecule has 6 nitrogen and oxygen atoms in total. The lowest BCUT2D eigenvalue weighted by Crippen LogP contribution is -2.26. The smallest absolute Gasteiger partial charge is 0.387 e. The maximum Gasteiger partial charge on any atom is 0.387 e. The maximum absolute atomic E-state index is 13.0. The molecule has 1 amide bonds. The lowest BCUT2D eigenvalue weighted by Gasteiger charge is -2.19. The number of imidazole rings is 1. The van der Waals surface area contributed by atoms with Gasteiger partial charge in [0.1, 0.15) is 0 Å². The molecule has 0 spiro atoms. The van der Waals surface area contributed by atoms with E-state index in [9.17, 15) is 13.6 Å². The van der Waals surface area contributed by atoms with Gasteiger partial charge in [0, 0.05) is 37.2 Å². The molecule has 0 saturated carbocycles. The molecular weight excluding hydrogens is 424 g/mol. The van der Waals surface area contributed by atoms with Crippen LogP contribution in [-0.2, 0) is 6.54 Å². The Kier molecular flexibility index (Phi) is 7.51. The number of hydrogen-bond donors (Lipinski definition) is 0. The molecule has 0 bridgehead atoms. The molecule has 0 aliphatic heterocycles. The minimum absolute atomic E-state index is 0.0350. The van der Waals surface area contributed by atoms with E-state index in [1.807, 2.05) is 35.2 Å². The fourth-order valence-corrected chi connectivity index (χ4v) is 3.63. The largest absolute Gasteiger partial charge is 0.490 e. The first-order valence-corrected chi connectivity index (χ1v) is 10.8. The quantitative estimate of drug-likeness (QED) is 0.438. The lowest BCUT2D eigenvalue weighted by molar-refractivity contribution is -0.0514. The molecule has 0 saturated heterocycles. The predicted octanol–water partition coefficient (Wildman–Crippen LogP) is 4.87. The van der Waals surface area contributed by atoms with Crippen molar-refractivity contribution in [3.8, 4) is 17.2 Å². The molecule has 2 aromatic carbocycles. The molecule has 0 fully saturated rings. The van der Waals surface area contributed by atoms with Gasteiger partial charge in [0.25, 0.3) is 5.91 Å². The molecule has 0 aliphatic rings. The van der Waals surface area contributed by atoms with Gasteiger partial charge in [-0.05, 0) is 49.1 Å². The normalized spacial score (nSPS) is 10.9. The van der Waals surface area contributed by atoms with E-state index in [4.69, 9.17) is 4.74 Å². The first kappa shape index (κ1) is 22.6. The number of rotatable bonds is 9. The van der Waals surface area contributed by atoms with Crippen molar-refractivity contribution < 1.29 is 23.0 Å². The number of amides is 1. The minimum atomic E-state index is -2.94. The van der Waals surface area contributed by atoms with Crippen molar-refractivity contribution in [2.24, 2.45) is 0 Å². The van der Waals surface area contributed by atoms with Gasteiger partial charge in [-0.1, -0.05) is 23.9 Å². The average Bonchev–Trinajstić information content (AvgIpc) is 3.24. The Labute approximate surface area is 183 Å². The lowest BCUT2D eigenvalue weighted by atomic mass is 10.1. The van der Waals surface area contributed by atoms with Crippen molar-refractivity contribution in [3.05, 3.63) is 66.0 Å². The number of ether oxygens (including phenoxy) is 2. The third-order valence-electron chi connectivity index (χ3n) is 4.45. The van der Waals surface area contributed by atoms with E-state index in [0.717, 1.165) is 16.4 Å². The number of benzene rings is 2. The fraction of sp³-hybridized carbons (Fsp3) is 0.273. The van der Waals surface area contributed by atoms with Crippen LogP contribution in [0.3, 0.4) is 0 Å². The van der Waals surface area contributed by atoms with Crippen molar-refractivity contribution in [3.63, 3.8) is 0 Å². The highest BCUT2D eigenvalue weighted by atomic mass is 32.2. The van der Waals surface area contributed by atoms with Crippen LogP contribution in [0.4, 0.5) is 8.78 Å². The SMILES string of the molecule is CCOc1cc(CN(C)C(=O)c2cccc(-n3ccnc3SC)c2)ccc1OC(F)F. The topological polar surface area (TPSA) is 56.6 Å². The molecular formula is C22H23F2N3O3S. The zero-order chi connectivity index (χ0) is 22.4. The number of carbonyl (C=O) groups excluding carboxylic acids is 1. The highest BCUT2D eigenvalue weighted by Crippen LogP contribution is 2.30. The number of nitrogens with zero attached hydrogens (tertiary/aromatic N) is 3. The van der Waals surface area contributed by atoms with Gasteiger partial charge in [-0.3, -0.25) is 9.36 Å². The Bertz CT molecular complexity index is 1040. The molecule has 3 rings (SSSR count). The zero-order valence-electron chi connectivity index (χ0n) is 17.4. The van der Waals surface area contributed by atoms with E-state index < -0.39 is 6.61 Å². The first-order valence-electron chi connectivity index (χ1n) is 9.56. The Balaban J connectivity index is 1.78. The summed E-state index contributed by atoms with van der Waals surface area (Å²) >= 11 is 1.52. The van der Waals surface area contributed by atoms with Crippen LogP contribution in [0.25, 0.3) is 5.69 Å². The van der Waals surface area contributed by atoms with Gasteiger partial charge < -0.3 is 14.4 Å². The van der Waals surface area contributed by atoms with Gasteiger partial charge in [-0.25, -0.2) is 4.98 Å². The maximum atomic E-state index is 13.0. The van der Waals surface area contributed by atoms with E-state index in [-0.39, 0.29) is 24.0 Å². The third kappa shape index (κ3) is 5.55. The summed E-state index contributed by atoms with van der Waals surface area (Å²) in [5, 5.41) is 0.826. The number of halogens is 2. The molecule has 3 aromatic rings. The molecule has 31 heavy (non-hydrogen) atoms. The number of hydrogen-bond acceptors (Lipinski definition) is 5. The van der Waals surface area contributed by atoms with Crippen LogP contribution < -0.4 is 9.47 Å². The van der Waals surface area contributed by atoms with Gasteiger partial charge in [-0.15, -0.1) is 0 Å². The molecule has 0 atom stereocenters. The van der Waals surface area contributed by atoms with Crippen LogP contribution in [0, 0.1) is 0 Å². The Morgan fingerprint density at radius 2 is 2.03 bits per heavy atom. The Morgan fingerprint density at radius 3 is 2.74 bits per heavy atom. The van der Waals surface area contributed by atoms with Gasteiger partial charge in [0.2, 0.25) is 0 Å². The van der Waals surface area contributed by atoms with E-state index in [2.05, 4.69) is 9.72 Å². The average molecular weight is 448 g/mol. The van der Waals surface area contributed by atoms with Crippen molar-refractivity contribution in [2.45, 2.75) is 25.2 Å². The van der Waals surface area contributed by atoms with Crippen LogP contribution in [0.15, 0.2) is 60.0 Å². The Hall–Kier alpha value is -3.07. The van der Waals surface area contributed by atoms with Crippen LogP contribution in [0.5, 0.6) is 11.5 Å². The van der Waals surface area contributed by atoms with Crippen LogP contribution in [0.1, 0.15) is 22.8 Å².